The molecule has 1 spiro atoms. The second kappa shape index (κ2) is 6.78. The normalized spacial score (nSPS) is 23.5. The number of aromatic nitrogens is 3. The molecule has 6 rings (SSSR count). The lowest BCUT2D eigenvalue weighted by molar-refractivity contribution is -0.136. The van der Waals surface area contributed by atoms with Gasteiger partial charge in [-0.2, -0.15) is 5.10 Å². The van der Waals surface area contributed by atoms with Crippen molar-refractivity contribution in [3.63, 3.8) is 0 Å². The van der Waals surface area contributed by atoms with Crippen LogP contribution in [-0.2, 0) is 21.5 Å². The lowest BCUT2D eigenvalue weighted by Gasteiger charge is -2.50. The molecule has 1 aliphatic carbocycles. The molecule has 158 valence electrons. The molecular weight excluding hydrogens is 396 g/mol. The first-order valence-corrected chi connectivity index (χ1v) is 10.5. The Morgan fingerprint density at radius 1 is 1.13 bits per heavy atom. The van der Waals surface area contributed by atoms with E-state index in [-0.39, 0.29) is 24.4 Å². The summed E-state index contributed by atoms with van der Waals surface area (Å²) in [5.41, 5.74) is 4.15. The van der Waals surface area contributed by atoms with Crippen molar-refractivity contribution in [3.8, 4) is 0 Å². The van der Waals surface area contributed by atoms with Crippen LogP contribution in [0.1, 0.15) is 30.4 Å². The number of hydrogen-bond acceptors (Lipinski definition) is 6. The fourth-order valence-corrected chi connectivity index (χ4v) is 5.03. The summed E-state index contributed by atoms with van der Waals surface area (Å²) in [6, 6.07) is 9.46. The predicted molar refractivity (Wildman–Crippen MR) is 112 cm³/mol. The van der Waals surface area contributed by atoms with Gasteiger partial charge in [-0.25, -0.2) is 14.3 Å². The van der Waals surface area contributed by atoms with E-state index in [9.17, 15) is 9.59 Å². The first-order valence-electron chi connectivity index (χ1n) is 10.5. The van der Waals surface area contributed by atoms with Gasteiger partial charge in [0.15, 0.2) is 5.65 Å². The summed E-state index contributed by atoms with van der Waals surface area (Å²) in [6.07, 6.45) is 5.71. The third-order valence-electron chi connectivity index (χ3n) is 6.57. The van der Waals surface area contributed by atoms with Gasteiger partial charge < -0.3 is 15.4 Å². The molecule has 2 N–H and O–H groups in total. The molecule has 2 fully saturated rings. The van der Waals surface area contributed by atoms with Crippen molar-refractivity contribution in [1.82, 2.24) is 24.8 Å². The molecule has 2 saturated heterocycles. The summed E-state index contributed by atoms with van der Waals surface area (Å²) >= 11 is 0. The first-order chi connectivity index (χ1) is 15.1. The number of anilines is 2. The van der Waals surface area contributed by atoms with E-state index in [0.717, 1.165) is 28.1 Å². The van der Waals surface area contributed by atoms with Gasteiger partial charge in [0, 0.05) is 31.4 Å². The standard InChI is InChI=1S/C22H22N6O3/c29-20-11-22(26-21(30)28(20)15-6-8-31-9-7-15)10-16-17(22)2-1-3-18(16)25-14-4-5-19-23-13-24-27(19)12-14/h1-5,12-13,15,25H,6-11H2,(H,26,30)/t22-/m0/s1. The first kappa shape index (κ1) is 18.3. The molecule has 2 aliphatic heterocycles. The van der Waals surface area contributed by atoms with Crippen LogP contribution in [0.5, 0.6) is 0 Å². The SMILES string of the molecule is O=C1C[C@]2(Cc3c(Nc4ccc5ncnn5c4)cccc32)NC(=O)N1C1CCOCC1. The molecular formula is C22H22N6O3. The van der Waals surface area contributed by atoms with Crippen LogP contribution in [0.25, 0.3) is 5.65 Å². The van der Waals surface area contributed by atoms with E-state index < -0.39 is 5.54 Å². The topological polar surface area (TPSA) is 101 Å². The summed E-state index contributed by atoms with van der Waals surface area (Å²) < 4.78 is 7.09. The van der Waals surface area contributed by atoms with Crippen LogP contribution < -0.4 is 10.6 Å². The highest BCUT2D eigenvalue weighted by Crippen LogP contribution is 2.47. The number of carbonyl (C=O) groups is 2. The van der Waals surface area contributed by atoms with Crippen molar-refractivity contribution in [3.05, 3.63) is 54.0 Å². The molecule has 9 nitrogen and oxygen atoms in total. The maximum Gasteiger partial charge on any atom is 0.325 e. The van der Waals surface area contributed by atoms with E-state index >= 15 is 0 Å². The van der Waals surface area contributed by atoms with Crippen molar-refractivity contribution in [1.29, 1.82) is 0 Å². The summed E-state index contributed by atoms with van der Waals surface area (Å²) in [5.74, 6) is -0.101. The maximum absolute atomic E-state index is 13.0. The zero-order valence-electron chi connectivity index (χ0n) is 16.9. The highest BCUT2D eigenvalue weighted by molar-refractivity contribution is 5.99. The van der Waals surface area contributed by atoms with Gasteiger partial charge in [0.2, 0.25) is 5.91 Å². The van der Waals surface area contributed by atoms with Gasteiger partial charge >= 0.3 is 6.03 Å². The van der Waals surface area contributed by atoms with Crippen LogP contribution >= 0.6 is 0 Å². The number of pyridine rings is 1. The Morgan fingerprint density at radius 2 is 2.00 bits per heavy atom. The summed E-state index contributed by atoms with van der Waals surface area (Å²) in [4.78, 5) is 31.5. The molecule has 4 heterocycles. The van der Waals surface area contributed by atoms with Crippen LogP contribution in [0.2, 0.25) is 0 Å². The van der Waals surface area contributed by atoms with Gasteiger partial charge in [-0.05, 0) is 42.2 Å². The molecule has 0 radical (unpaired) electrons. The van der Waals surface area contributed by atoms with Gasteiger partial charge in [-0.3, -0.25) is 9.69 Å². The second-order valence-electron chi connectivity index (χ2n) is 8.41. The van der Waals surface area contributed by atoms with Gasteiger partial charge in [0.25, 0.3) is 0 Å². The number of urea groups is 1. The third-order valence-corrected chi connectivity index (χ3v) is 6.57. The highest BCUT2D eigenvalue weighted by Gasteiger charge is 2.52. The molecule has 0 unspecified atom stereocenters. The summed E-state index contributed by atoms with van der Waals surface area (Å²) in [5, 5.41) is 10.8. The minimum absolute atomic E-state index is 0.0714. The van der Waals surface area contributed by atoms with Crippen LogP contribution in [-0.4, -0.2) is 50.7 Å². The van der Waals surface area contributed by atoms with Crippen molar-refractivity contribution in [2.24, 2.45) is 0 Å². The number of imide groups is 1. The molecule has 31 heavy (non-hydrogen) atoms. The molecule has 2 aromatic heterocycles. The fraction of sp³-hybridized carbons (Fsp3) is 0.364. The van der Waals surface area contributed by atoms with Crippen molar-refractivity contribution < 1.29 is 14.3 Å². The molecule has 9 heteroatoms. The van der Waals surface area contributed by atoms with Gasteiger partial charge in [0.05, 0.1) is 23.8 Å². The predicted octanol–water partition coefficient (Wildman–Crippen LogP) is 2.35. The zero-order valence-corrected chi connectivity index (χ0v) is 16.9. The number of rotatable bonds is 3. The number of fused-ring (bicyclic) bond motifs is 3. The lowest BCUT2D eigenvalue weighted by atomic mass is 9.67. The second-order valence-corrected chi connectivity index (χ2v) is 8.41. The highest BCUT2D eigenvalue weighted by atomic mass is 16.5. The minimum Gasteiger partial charge on any atom is -0.381 e. The monoisotopic (exact) mass is 418 g/mol. The smallest absolute Gasteiger partial charge is 0.325 e. The lowest BCUT2D eigenvalue weighted by Crippen LogP contribution is -2.66. The van der Waals surface area contributed by atoms with E-state index in [2.05, 4.69) is 20.7 Å². The quantitative estimate of drug-likeness (QED) is 0.677. The zero-order chi connectivity index (χ0) is 21.0. The average Bonchev–Trinajstić information content (AvgIpc) is 3.22. The number of amides is 3. The number of ether oxygens (including phenoxy) is 1. The third kappa shape index (κ3) is 2.88. The van der Waals surface area contributed by atoms with Crippen LogP contribution in [0, 0.1) is 0 Å². The van der Waals surface area contributed by atoms with Crippen molar-refractivity contribution in [2.75, 3.05) is 18.5 Å². The Kier molecular flexibility index (Phi) is 4.01. The van der Waals surface area contributed by atoms with Crippen molar-refractivity contribution in [2.45, 2.75) is 37.3 Å². The van der Waals surface area contributed by atoms with Crippen LogP contribution in [0.15, 0.2) is 42.9 Å². The molecule has 0 saturated carbocycles. The summed E-state index contributed by atoms with van der Waals surface area (Å²) in [6.45, 7) is 1.18. The number of benzene rings is 1. The van der Waals surface area contributed by atoms with E-state index in [1.165, 1.54) is 11.2 Å². The Bertz CT molecular complexity index is 1180. The van der Waals surface area contributed by atoms with E-state index in [0.29, 0.717) is 32.5 Å². The average molecular weight is 418 g/mol. The molecule has 1 aromatic carbocycles. The van der Waals surface area contributed by atoms with Crippen LogP contribution in [0.4, 0.5) is 16.2 Å². The fourth-order valence-electron chi connectivity index (χ4n) is 5.03. The number of carbonyl (C=O) groups excluding carboxylic acids is 2. The minimum atomic E-state index is -0.612. The van der Waals surface area contributed by atoms with Gasteiger partial charge in [-0.15, -0.1) is 0 Å². The Balaban J connectivity index is 1.25. The number of nitrogens with zero attached hydrogens (tertiary/aromatic N) is 4. The van der Waals surface area contributed by atoms with E-state index in [1.54, 1.807) is 4.52 Å². The molecule has 1 atom stereocenters. The van der Waals surface area contributed by atoms with Crippen molar-refractivity contribution >= 4 is 29.0 Å². The largest absolute Gasteiger partial charge is 0.381 e. The van der Waals surface area contributed by atoms with Gasteiger partial charge in [-0.1, -0.05) is 12.1 Å². The number of hydrogen-bond donors (Lipinski definition) is 2. The Morgan fingerprint density at radius 3 is 2.84 bits per heavy atom. The van der Waals surface area contributed by atoms with E-state index in [1.807, 2.05) is 36.5 Å². The van der Waals surface area contributed by atoms with E-state index in [4.69, 9.17) is 4.74 Å². The maximum atomic E-state index is 13.0. The molecule has 3 amide bonds. The number of nitrogens with one attached hydrogen (secondary N) is 2. The van der Waals surface area contributed by atoms with Gasteiger partial charge in [0.1, 0.15) is 6.33 Å². The molecule has 3 aromatic rings. The Hall–Kier alpha value is -3.46. The molecule has 3 aliphatic rings. The molecule has 0 bridgehead atoms. The Labute approximate surface area is 178 Å². The summed E-state index contributed by atoms with van der Waals surface area (Å²) in [7, 11) is 0. The van der Waals surface area contributed by atoms with Crippen LogP contribution in [0.3, 0.4) is 0 Å².